The number of carbonyl (C=O) groups is 1. The molecule has 1 aromatic rings. The molecular formula is C13H15BrN2O. The Morgan fingerprint density at radius 1 is 1.59 bits per heavy atom. The second-order valence-electron chi connectivity index (χ2n) is 3.78. The highest BCUT2D eigenvalue weighted by Crippen LogP contribution is 2.17. The van der Waals surface area contributed by atoms with Gasteiger partial charge in [-0.1, -0.05) is 0 Å². The Balaban J connectivity index is 2.43. The Morgan fingerprint density at radius 3 is 3.00 bits per heavy atom. The quantitative estimate of drug-likeness (QED) is 0.669. The number of hydrogen-bond donors (Lipinski definition) is 1. The lowest BCUT2D eigenvalue weighted by Gasteiger charge is -2.07. The van der Waals surface area contributed by atoms with Gasteiger partial charge >= 0.3 is 0 Å². The van der Waals surface area contributed by atoms with Crippen molar-refractivity contribution in [2.45, 2.75) is 32.6 Å². The number of anilines is 1. The van der Waals surface area contributed by atoms with Crippen LogP contribution in [-0.2, 0) is 4.79 Å². The minimum absolute atomic E-state index is 0.0139. The van der Waals surface area contributed by atoms with Gasteiger partial charge in [-0.05, 0) is 47.3 Å². The van der Waals surface area contributed by atoms with Gasteiger partial charge in [0.05, 0.1) is 0 Å². The normalized spacial score (nSPS) is 9.71. The molecule has 0 spiro atoms. The van der Waals surface area contributed by atoms with Crippen LogP contribution in [-0.4, -0.2) is 10.9 Å². The lowest BCUT2D eigenvalue weighted by atomic mass is 10.2. The van der Waals surface area contributed by atoms with Crippen molar-refractivity contribution in [1.29, 1.82) is 0 Å². The highest BCUT2D eigenvalue weighted by Gasteiger charge is 2.05. The van der Waals surface area contributed by atoms with Gasteiger partial charge in [0.2, 0.25) is 5.91 Å². The molecule has 0 saturated heterocycles. The van der Waals surface area contributed by atoms with E-state index < -0.39 is 0 Å². The summed E-state index contributed by atoms with van der Waals surface area (Å²) in [5.41, 5.74) is 0.941. The molecule has 4 heteroatoms. The minimum atomic E-state index is -0.0139. The molecule has 0 bridgehead atoms. The SMILES string of the molecule is C#CCCCCC(=O)Nc1ncc(Br)cc1C. The third-order valence-corrected chi connectivity index (χ3v) is 2.71. The molecule has 1 N–H and O–H groups in total. The number of carbonyl (C=O) groups excluding carboxylic acids is 1. The van der Waals surface area contributed by atoms with Crippen molar-refractivity contribution >= 4 is 27.7 Å². The first kappa shape index (κ1) is 13.7. The van der Waals surface area contributed by atoms with Crippen molar-refractivity contribution in [3.8, 4) is 12.3 Å². The molecule has 90 valence electrons. The smallest absolute Gasteiger partial charge is 0.225 e. The molecule has 1 amide bonds. The van der Waals surface area contributed by atoms with E-state index in [1.54, 1.807) is 6.20 Å². The number of pyridine rings is 1. The van der Waals surface area contributed by atoms with Gasteiger partial charge in [-0.2, -0.15) is 0 Å². The van der Waals surface area contributed by atoms with Crippen LogP contribution in [0.15, 0.2) is 16.7 Å². The number of rotatable bonds is 5. The fourth-order valence-corrected chi connectivity index (χ4v) is 1.82. The third kappa shape index (κ3) is 5.01. The van der Waals surface area contributed by atoms with Crippen LogP contribution in [0.4, 0.5) is 5.82 Å². The van der Waals surface area contributed by atoms with Crippen molar-refractivity contribution in [1.82, 2.24) is 4.98 Å². The summed E-state index contributed by atoms with van der Waals surface area (Å²) in [6.07, 6.45) is 9.71. The zero-order chi connectivity index (χ0) is 12.7. The molecule has 0 fully saturated rings. The molecule has 0 aliphatic rings. The van der Waals surface area contributed by atoms with Crippen molar-refractivity contribution in [2.75, 3.05) is 5.32 Å². The first-order valence-corrected chi connectivity index (χ1v) is 6.28. The molecule has 0 aliphatic heterocycles. The fourth-order valence-electron chi connectivity index (χ4n) is 1.38. The molecule has 0 aromatic carbocycles. The standard InChI is InChI=1S/C13H15BrN2O/c1-3-4-5-6-7-12(17)16-13-10(2)8-11(14)9-15-13/h1,8-9H,4-7H2,2H3,(H,15,16,17). The van der Waals surface area contributed by atoms with Crippen molar-refractivity contribution in [3.05, 3.63) is 22.3 Å². The second-order valence-corrected chi connectivity index (χ2v) is 4.69. The summed E-state index contributed by atoms with van der Waals surface area (Å²) in [4.78, 5) is 15.7. The zero-order valence-corrected chi connectivity index (χ0v) is 11.4. The van der Waals surface area contributed by atoms with E-state index in [1.807, 2.05) is 13.0 Å². The first-order valence-electron chi connectivity index (χ1n) is 5.49. The fraction of sp³-hybridized carbons (Fsp3) is 0.385. The van der Waals surface area contributed by atoms with Gasteiger partial charge in [-0.15, -0.1) is 12.3 Å². The van der Waals surface area contributed by atoms with Crippen LogP contribution in [0.1, 0.15) is 31.2 Å². The highest BCUT2D eigenvalue weighted by atomic mass is 79.9. The summed E-state index contributed by atoms with van der Waals surface area (Å²) < 4.78 is 0.905. The van der Waals surface area contributed by atoms with Gasteiger partial charge in [-0.25, -0.2) is 4.98 Å². The summed E-state index contributed by atoms with van der Waals surface area (Å²) in [6, 6.07) is 1.92. The molecule has 0 saturated carbocycles. The Kier molecular flexibility index (Phi) is 5.71. The number of nitrogens with zero attached hydrogens (tertiary/aromatic N) is 1. The Morgan fingerprint density at radius 2 is 2.35 bits per heavy atom. The van der Waals surface area contributed by atoms with Gasteiger partial charge in [-0.3, -0.25) is 4.79 Å². The van der Waals surface area contributed by atoms with Gasteiger partial charge in [0.25, 0.3) is 0 Å². The van der Waals surface area contributed by atoms with Crippen molar-refractivity contribution < 1.29 is 4.79 Å². The number of halogens is 1. The largest absolute Gasteiger partial charge is 0.310 e. The molecule has 0 unspecified atom stereocenters. The maximum absolute atomic E-state index is 11.6. The van der Waals surface area contributed by atoms with Crippen molar-refractivity contribution in [3.63, 3.8) is 0 Å². The van der Waals surface area contributed by atoms with Crippen LogP contribution in [0.3, 0.4) is 0 Å². The predicted octanol–water partition coefficient (Wildman–Crippen LogP) is 3.28. The predicted molar refractivity (Wildman–Crippen MR) is 72.6 cm³/mol. The maximum Gasteiger partial charge on any atom is 0.225 e. The molecule has 0 radical (unpaired) electrons. The van der Waals surface area contributed by atoms with Gasteiger partial charge < -0.3 is 5.32 Å². The van der Waals surface area contributed by atoms with E-state index in [0.29, 0.717) is 12.2 Å². The molecule has 1 heterocycles. The zero-order valence-electron chi connectivity index (χ0n) is 9.79. The number of aromatic nitrogens is 1. The highest BCUT2D eigenvalue weighted by molar-refractivity contribution is 9.10. The van der Waals surface area contributed by atoms with Crippen LogP contribution in [0.5, 0.6) is 0 Å². The molecule has 0 atom stereocenters. The molecule has 1 rings (SSSR count). The Hall–Kier alpha value is -1.34. The van der Waals surface area contributed by atoms with E-state index in [2.05, 4.69) is 32.2 Å². The van der Waals surface area contributed by atoms with Crippen LogP contribution < -0.4 is 5.32 Å². The topological polar surface area (TPSA) is 42.0 Å². The third-order valence-electron chi connectivity index (χ3n) is 2.28. The van der Waals surface area contributed by atoms with Gasteiger partial charge in [0.1, 0.15) is 5.82 Å². The summed E-state index contributed by atoms with van der Waals surface area (Å²) in [6.45, 7) is 1.91. The van der Waals surface area contributed by atoms with E-state index in [0.717, 1.165) is 29.3 Å². The van der Waals surface area contributed by atoms with E-state index in [1.165, 1.54) is 0 Å². The maximum atomic E-state index is 11.6. The molecule has 17 heavy (non-hydrogen) atoms. The summed E-state index contributed by atoms with van der Waals surface area (Å²) >= 11 is 3.33. The first-order chi connectivity index (χ1) is 8.13. The van der Waals surface area contributed by atoms with E-state index in [9.17, 15) is 4.79 Å². The number of amides is 1. The van der Waals surface area contributed by atoms with Crippen LogP contribution >= 0.6 is 15.9 Å². The Bertz CT molecular complexity index is 438. The van der Waals surface area contributed by atoms with Gasteiger partial charge in [0.15, 0.2) is 0 Å². The monoisotopic (exact) mass is 294 g/mol. The van der Waals surface area contributed by atoms with Gasteiger partial charge in [0, 0.05) is 23.5 Å². The van der Waals surface area contributed by atoms with Crippen LogP contribution in [0.25, 0.3) is 0 Å². The van der Waals surface area contributed by atoms with E-state index >= 15 is 0 Å². The van der Waals surface area contributed by atoms with Crippen LogP contribution in [0, 0.1) is 19.3 Å². The van der Waals surface area contributed by atoms with Crippen molar-refractivity contribution in [2.24, 2.45) is 0 Å². The molecule has 1 aromatic heterocycles. The number of terminal acetylenes is 1. The number of hydrogen-bond acceptors (Lipinski definition) is 2. The average Bonchev–Trinajstić information content (AvgIpc) is 2.28. The van der Waals surface area contributed by atoms with E-state index in [-0.39, 0.29) is 5.91 Å². The number of unbranched alkanes of at least 4 members (excludes halogenated alkanes) is 2. The lowest BCUT2D eigenvalue weighted by molar-refractivity contribution is -0.116. The average molecular weight is 295 g/mol. The van der Waals surface area contributed by atoms with E-state index in [4.69, 9.17) is 6.42 Å². The molecule has 0 aliphatic carbocycles. The number of nitrogens with one attached hydrogen (secondary N) is 1. The summed E-state index contributed by atoms with van der Waals surface area (Å²) in [5.74, 6) is 3.16. The molecular weight excluding hydrogens is 280 g/mol. The Labute approximate surface area is 110 Å². The van der Waals surface area contributed by atoms with Crippen LogP contribution in [0.2, 0.25) is 0 Å². The summed E-state index contributed by atoms with van der Waals surface area (Å²) in [5, 5.41) is 2.79. The summed E-state index contributed by atoms with van der Waals surface area (Å²) in [7, 11) is 0. The number of aryl methyl sites for hydroxylation is 1. The lowest BCUT2D eigenvalue weighted by Crippen LogP contribution is -2.13. The minimum Gasteiger partial charge on any atom is -0.310 e. The molecule has 3 nitrogen and oxygen atoms in total. The second kappa shape index (κ2) is 7.08.